The van der Waals surface area contributed by atoms with Gasteiger partial charge < -0.3 is 9.47 Å². The van der Waals surface area contributed by atoms with Crippen molar-refractivity contribution in [1.82, 2.24) is 4.90 Å². The van der Waals surface area contributed by atoms with Crippen molar-refractivity contribution in [1.29, 1.82) is 0 Å². The van der Waals surface area contributed by atoms with Gasteiger partial charge in [-0.1, -0.05) is 17.7 Å². The second kappa shape index (κ2) is 6.39. The molecule has 110 valence electrons. The van der Waals surface area contributed by atoms with Gasteiger partial charge in [-0.05, 0) is 30.5 Å². The summed E-state index contributed by atoms with van der Waals surface area (Å²) in [5.41, 5.74) is 0.944. The number of morpholine rings is 1. The first-order valence-electron chi connectivity index (χ1n) is 7.12. The highest BCUT2D eigenvalue weighted by Gasteiger charge is 2.31. The van der Waals surface area contributed by atoms with Gasteiger partial charge in [-0.3, -0.25) is 4.90 Å². The minimum atomic E-state index is -0.354. The minimum absolute atomic E-state index is 0.142. The van der Waals surface area contributed by atoms with E-state index in [0.717, 1.165) is 44.6 Å². The van der Waals surface area contributed by atoms with Crippen LogP contribution in [0, 0.1) is 5.82 Å². The molecule has 1 aromatic carbocycles. The SMILES string of the molecule is Fc1cc(CN2CCOC(C3CCCO3)C2)ccc1Cl. The lowest BCUT2D eigenvalue weighted by atomic mass is 10.1. The standard InChI is InChI=1S/C15H19ClFNO2/c16-12-4-3-11(8-13(12)17)9-18-5-7-20-15(10-18)14-2-1-6-19-14/h3-4,8,14-15H,1-2,5-7,9-10H2. The van der Waals surface area contributed by atoms with E-state index in [1.165, 1.54) is 6.07 Å². The molecule has 0 bridgehead atoms. The van der Waals surface area contributed by atoms with Crippen molar-refractivity contribution in [2.24, 2.45) is 0 Å². The van der Waals surface area contributed by atoms with Crippen molar-refractivity contribution in [3.05, 3.63) is 34.6 Å². The largest absolute Gasteiger partial charge is 0.375 e. The van der Waals surface area contributed by atoms with Crippen molar-refractivity contribution in [3.8, 4) is 0 Å². The first-order valence-corrected chi connectivity index (χ1v) is 7.49. The van der Waals surface area contributed by atoms with Crippen molar-refractivity contribution >= 4 is 11.6 Å². The predicted octanol–water partition coefficient (Wildman–Crippen LogP) is 2.86. The Morgan fingerprint density at radius 3 is 2.85 bits per heavy atom. The zero-order valence-electron chi connectivity index (χ0n) is 11.4. The van der Waals surface area contributed by atoms with Gasteiger partial charge in [-0.25, -0.2) is 4.39 Å². The number of halogens is 2. The van der Waals surface area contributed by atoms with Crippen LogP contribution in [0.1, 0.15) is 18.4 Å². The Morgan fingerprint density at radius 2 is 2.10 bits per heavy atom. The summed E-state index contributed by atoms with van der Waals surface area (Å²) in [4.78, 5) is 2.29. The number of benzene rings is 1. The maximum absolute atomic E-state index is 13.5. The smallest absolute Gasteiger partial charge is 0.142 e. The van der Waals surface area contributed by atoms with E-state index in [0.29, 0.717) is 6.61 Å². The maximum atomic E-state index is 13.5. The lowest BCUT2D eigenvalue weighted by Gasteiger charge is -2.35. The summed E-state index contributed by atoms with van der Waals surface area (Å²) in [7, 11) is 0. The van der Waals surface area contributed by atoms with Crippen LogP contribution in [-0.4, -0.2) is 43.4 Å². The Balaban J connectivity index is 1.60. The summed E-state index contributed by atoms with van der Waals surface area (Å²) in [5, 5.41) is 0.174. The summed E-state index contributed by atoms with van der Waals surface area (Å²) in [6.07, 6.45) is 2.56. The molecule has 0 spiro atoms. The molecule has 2 fully saturated rings. The Kier molecular flexibility index (Phi) is 4.56. The van der Waals surface area contributed by atoms with Crippen LogP contribution in [-0.2, 0) is 16.0 Å². The first-order chi connectivity index (χ1) is 9.72. The summed E-state index contributed by atoms with van der Waals surface area (Å²) in [6.45, 7) is 3.98. The maximum Gasteiger partial charge on any atom is 0.142 e. The number of hydrogen-bond donors (Lipinski definition) is 0. The second-order valence-electron chi connectivity index (χ2n) is 5.44. The predicted molar refractivity (Wildman–Crippen MR) is 75.4 cm³/mol. The van der Waals surface area contributed by atoms with Gasteiger partial charge in [0, 0.05) is 26.2 Å². The Labute approximate surface area is 123 Å². The van der Waals surface area contributed by atoms with Crippen molar-refractivity contribution in [3.63, 3.8) is 0 Å². The molecular weight excluding hydrogens is 281 g/mol. The molecule has 20 heavy (non-hydrogen) atoms. The summed E-state index contributed by atoms with van der Waals surface area (Å²) < 4.78 is 25.0. The fourth-order valence-electron chi connectivity index (χ4n) is 2.89. The average molecular weight is 300 g/mol. The third-order valence-electron chi connectivity index (χ3n) is 3.95. The third-order valence-corrected chi connectivity index (χ3v) is 4.25. The average Bonchev–Trinajstić information content (AvgIpc) is 2.97. The van der Waals surface area contributed by atoms with E-state index in [9.17, 15) is 4.39 Å². The van der Waals surface area contributed by atoms with Gasteiger partial charge in [-0.15, -0.1) is 0 Å². The molecule has 0 N–H and O–H groups in total. The molecule has 3 rings (SSSR count). The number of nitrogens with zero attached hydrogens (tertiary/aromatic N) is 1. The van der Waals surface area contributed by atoms with Crippen LogP contribution in [0.5, 0.6) is 0 Å². The number of rotatable bonds is 3. The van der Waals surface area contributed by atoms with Gasteiger partial charge in [0.1, 0.15) is 5.82 Å². The molecule has 0 radical (unpaired) electrons. The van der Waals surface area contributed by atoms with Gasteiger partial charge >= 0.3 is 0 Å². The highest BCUT2D eigenvalue weighted by Crippen LogP contribution is 2.22. The fourth-order valence-corrected chi connectivity index (χ4v) is 3.01. The Morgan fingerprint density at radius 1 is 1.25 bits per heavy atom. The normalized spacial score (nSPS) is 27.9. The Bertz CT molecular complexity index is 465. The van der Waals surface area contributed by atoms with Crippen molar-refractivity contribution < 1.29 is 13.9 Å². The molecule has 2 unspecified atom stereocenters. The molecule has 0 amide bonds. The van der Waals surface area contributed by atoms with Crippen LogP contribution in [0.25, 0.3) is 0 Å². The molecular formula is C15H19ClFNO2. The lowest BCUT2D eigenvalue weighted by Crippen LogP contribution is -2.47. The first kappa shape index (κ1) is 14.3. The van der Waals surface area contributed by atoms with Gasteiger partial charge in [0.05, 0.1) is 23.8 Å². The molecule has 2 aliphatic heterocycles. The number of hydrogen-bond acceptors (Lipinski definition) is 3. The van der Waals surface area contributed by atoms with Gasteiger partial charge in [0.25, 0.3) is 0 Å². The van der Waals surface area contributed by atoms with Crippen LogP contribution in [0.4, 0.5) is 4.39 Å². The molecule has 5 heteroatoms. The van der Waals surface area contributed by atoms with Gasteiger partial charge in [0.15, 0.2) is 0 Å². The van der Waals surface area contributed by atoms with E-state index >= 15 is 0 Å². The third kappa shape index (κ3) is 3.31. The van der Waals surface area contributed by atoms with E-state index < -0.39 is 0 Å². The molecule has 1 aromatic rings. The summed E-state index contributed by atoms with van der Waals surface area (Å²) in [5.74, 6) is -0.354. The molecule has 0 saturated carbocycles. The molecule has 2 atom stereocenters. The Hall–Kier alpha value is -0.680. The molecule has 0 aliphatic carbocycles. The molecule has 2 heterocycles. The van der Waals surface area contributed by atoms with E-state index in [-0.39, 0.29) is 23.0 Å². The lowest BCUT2D eigenvalue weighted by molar-refractivity contribution is -0.0960. The molecule has 2 saturated heterocycles. The summed E-state index contributed by atoms with van der Waals surface area (Å²) in [6, 6.07) is 5.01. The zero-order valence-corrected chi connectivity index (χ0v) is 12.1. The summed E-state index contributed by atoms with van der Waals surface area (Å²) >= 11 is 5.71. The van der Waals surface area contributed by atoms with Crippen LogP contribution in [0.15, 0.2) is 18.2 Å². The molecule has 0 aromatic heterocycles. The van der Waals surface area contributed by atoms with E-state index in [4.69, 9.17) is 21.1 Å². The van der Waals surface area contributed by atoms with Crippen LogP contribution in [0.3, 0.4) is 0 Å². The van der Waals surface area contributed by atoms with E-state index in [2.05, 4.69) is 4.90 Å². The van der Waals surface area contributed by atoms with Gasteiger partial charge in [0.2, 0.25) is 0 Å². The molecule has 2 aliphatic rings. The van der Waals surface area contributed by atoms with Crippen LogP contribution in [0.2, 0.25) is 5.02 Å². The fraction of sp³-hybridized carbons (Fsp3) is 0.600. The van der Waals surface area contributed by atoms with Crippen molar-refractivity contribution in [2.45, 2.75) is 31.6 Å². The topological polar surface area (TPSA) is 21.7 Å². The van der Waals surface area contributed by atoms with Crippen LogP contribution >= 0.6 is 11.6 Å². The van der Waals surface area contributed by atoms with E-state index in [1.807, 2.05) is 6.07 Å². The quantitative estimate of drug-likeness (QED) is 0.857. The monoisotopic (exact) mass is 299 g/mol. The van der Waals surface area contributed by atoms with E-state index in [1.54, 1.807) is 6.07 Å². The van der Waals surface area contributed by atoms with Crippen LogP contribution < -0.4 is 0 Å². The van der Waals surface area contributed by atoms with Gasteiger partial charge in [-0.2, -0.15) is 0 Å². The molecule has 3 nitrogen and oxygen atoms in total. The second-order valence-corrected chi connectivity index (χ2v) is 5.85. The van der Waals surface area contributed by atoms with Crippen molar-refractivity contribution in [2.75, 3.05) is 26.3 Å². The highest BCUT2D eigenvalue weighted by atomic mass is 35.5. The zero-order chi connectivity index (χ0) is 13.9. The highest BCUT2D eigenvalue weighted by molar-refractivity contribution is 6.30. The number of ether oxygens (including phenoxy) is 2. The minimum Gasteiger partial charge on any atom is -0.375 e.